The molecule has 0 radical (unpaired) electrons. The Balaban J connectivity index is 1.93. The zero-order valence-corrected chi connectivity index (χ0v) is 15.0. The van der Waals surface area contributed by atoms with Crippen molar-refractivity contribution < 1.29 is 4.79 Å². The first-order valence-corrected chi connectivity index (χ1v) is 8.35. The van der Waals surface area contributed by atoms with Crippen molar-refractivity contribution in [2.45, 2.75) is 25.8 Å². The molecule has 0 bridgehead atoms. The Bertz CT molecular complexity index is 863. The topological polar surface area (TPSA) is 64.7 Å². The van der Waals surface area contributed by atoms with Crippen molar-refractivity contribution in [2.24, 2.45) is 14.1 Å². The molecule has 1 N–H and O–H groups in total. The predicted octanol–water partition coefficient (Wildman–Crippen LogP) is 2.80. The average molecular weight is 337 g/mol. The maximum Gasteiger partial charge on any atom is 0.270 e. The van der Waals surface area contributed by atoms with Gasteiger partial charge in [-0.15, -0.1) is 0 Å². The first-order valence-electron chi connectivity index (χ1n) is 8.35. The Labute approximate surface area is 147 Å². The predicted molar refractivity (Wildman–Crippen MR) is 96.3 cm³/mol. The SMILES string of the molecule is CC(C)c1cc(C(=O)NC(c2ccccc2)c2ccnn2C)n(C)n1. The molecule has 25 heavy (non-hydrogen) atoms. The van der Waals surface area contributed by atoms with E-state index in [1.807, 2.05) is 49.5 Å². The summed E-state index contributed by atoms with van der Waals surface area (Å²) in [7, 11) is 3.67. The highest BCUT2D eigenvalue weighted by molar-refractivity contribution is 5.93. The van der Waals surface area contributed by atoms with E-state index in [-0.39, 0.29) is 17.9 Å². The first kappa shape index (κ1) is 17.0. The molecule has 0 saturated heterocycles. The highest BCUT2D eigenvalue weighted by Crippen LogP contribution is 2.22. The molecule has 2 aromatic heterocycles. The monoisotopic (exact) mass is 337 g/mol. The molecule has 6 nitrogen and oxygen atoms in total. The zero-order chi connectivity index (χ0) is 18.0. The minimum Gasteiger partial charge on any atom is -0.338 e. The molecule has 3 rings (SSSR count). The van der Waals surface area contributed by atoms with Crippen LogP contribution in [-0.2, 0) is 14.1 Å². The van der Waals surface area contributed by atoms with Crippen molar-refractivity contribution >= 4 is 5.91 Å². The fraction of sp³-hybridized carbons (Fsp3) is 0.316. The maximum atomic E-state index is 12.9. The van der Waals surface area contributed by atoms with Crippen LogP contribution in [0, 0.1) is 0 Å². The Morgan fingerprint density at radius 3 is 2.36 bits per heavy atom. The number of benzene rings is 1. The lowest BCUT2D eigenvalue weighted by Crippen LogP contribution is -2.32. The van der Waals surface area contributed by atoms with Crippen LogP contribution in [0.4, 0.5) is 0 Å². The molecule has 130 valence electrons. The van der Waals surface area contributed by atoms with Gasteiger partial charge in [0.05, 0.1) is 17.4 Å². The average Bonchev–Trinajstić information content (AvgIpc) is 3.19. The second-order valence-corrected chi connectivity index (χ2v) is 6.43. The van der Waals surface area contributed by atoms with E-state index in [9.17, 15) is 4.79 Å². The second kappa shape index (κ2) is 6.93. The van der Waals surface area contributed by atoms with Gasteiger partial charge in [-0.05, 0) is 23.6 Å². The summed E-state index contributed by atoms with van der Waals surface area (Å²) < 4.78 is 3.41. The summed E-state index contributed by atoms with van der Waals surface area (Å²) in [4.78, 5) is 12.9. The van der Waals surface area contributed by atoms with Gasteiger partial charge in [-0.3, -0.25) is 14.2 Å². The Kier molecular flexibility index (Phi) is 4.70. The summed E-state index contributed by atoms with van der Waals surface area (Å²) in [5.41, 5.74) is 3.38. The van der Waals surface area contributed by atoms with Gasteiger partial charge in [-0.1, -0.05) is 44.2 Å². The lowest BCUT2D eigenvalue weighted by Gasteiger charge is -2.19. The van der Waals surface area contributed by atoms with Crippen molar-refractivity contribution in [1.82, 2.24) is 24.9 Å². The third kappa shape index (κ3) is 3.47. The van der Waals surface area contributed by atoms with Gasteiger partial charge >= 0.3 is 0 Å². The molecule has 2 heterocycles. The van der Waals surface area contributed by atoms with Crippen molar-refractivity contribution in [3.63, 3.8) is 0 Å². The second-order valence-electron chi connectivity index (χ2n) is 6.43. The maximum absolute atomic E-state index is 12.9. The molecule has 0 aliphatic heterocycles. The molecule has 0 spiro atoms. The number of rotatable bonds is 5. The number of aryl methyl sites for hydroxylation is 2. The third-order valence-corrected chi connectivity index (χ3v) is 4.29. The van der Waals surface area contributed by atoms with Gasteiger partial charge in [0, 0.05) is 20.3 Å². The van der Waals surface area contributed by atoms with E-state index < -0.39 is 0 Å². The summed E-state index contributed by atoms with van der Waals surface area (Å²) in [6.07, 6.45) is 1.73. The summed E-state index contributed by atoms with van der Waals surface area (Å²) in [5.74, 6) is 0.117. The lowest BCUT2D eigenvalue weighted by atomic mass is 10.0. The smallest absolute Gasteiger partial charge is 0.270 e. The van der Waals surface area contributed by atoms with Gasteiger partial charge in [0.2, 0.25) is 0 Å². The van der Waals surface area contributed by atoms with E-state index in [0.717, 1.165) is 17.0 Å². The standard InChI is InChI=1S/C19H23N5O/c1-13(2)15-12-17(24(4)22-15)19(25)21-18(14-8-6-5-7-9-14)16-10-11-20-23(16)3/h5-13,18H,1-4H3,(H,21,25). The summed E-state index contributed by atoms with van der Waals surface area (Å²) in [6, 6.07) is 13.4. The lowest BCUT2D eigenvalue weighted by molar-refractivity contribution is 0.0932. The van der Waals surface area contributed by atoms with Gasteiger partial charge in [0.15, 0.2) is 0 Å². The van der Waals surface area contributed by atoms with E-state index in [1.54, 1.807) is 22.6 Å². The first-order chi connectivity index (χ1) is 12.0. The van der Waals surface area contributed by atoms with Crippen LogP contribution >= 0.6 is 0 Å². The number of aromatic nitrogens is 4. The molecule has 3 aromatic rings. The number of nitrogens with zero attached hydrogens (tertiary/aromatic N) is 4. The van der Waals surface area contributed by atoms with E-state index in [4.69, 9.17) is 0 Å². The van der Waals surface area contributed by atoms with Crippen LogP contribution in [-0.4, -0.2) is 25.5 Å². The number of hydrogen-bond donors (Lipinski definition) is 1. The van der Waals surface area contributed by atoms with Crippen LogP contribution in [0.25, 0.3) is 0 Å². The van der Waals surface area contributed by atoms with Crippen molar-refractivity contribution in [3.05, 3.63) is 71.3 Å². The number of amides is 1. The molecular weight excluding hydrogens is 314 g/mol. The molecule has 0 fully saturated rings. The van der Waals surface area contributed by atoms with Crippen LogP contribution in [0.5, 0.6) is 0 Å². The molecule has 6 heteroatoms. The zero-order valence-electron chi connectivity index (χ0n) is 15.0. The fourth-order valence-electron chi connectivity index (χ4n) is 2.83. The van der Waals surface area contributed by atoms with Crippen molar-refractivity contribution in [3.8, 4) is 0 Å². The normalized spacial score (nSPS) is 12.4. The molecule has 1 aromatic carbocycles. The highest BCUT2D eigenvalue weighted by Gasteiger charge is 2.22. The molecule has 1 amide bonds. The van der Waals surface area contributed by atoms with Crippen LogP contribution in [0.15, 0.2) is 48.7 Å². The van der Waals surface area contributed by atoms with Gasteiger partial charge < -0.3 is 5.32 Å². The summed E-state index contributed by atoms with van der Waals surface area (Å²) in [6.45, 7) is 4.12. The third-order valence-electron chi connectivity index (χ3n) is 4.29. The van der Waals surface area contributed by atoms with Gasteiger partial charge in [0.1, 0.15) is 5.69 Å². The largest absolute Gasteiger partial charge is 0.338 e. The molecule has 1 unspecified atom stereocenters. The Hall–Kier alpha value is -2.89. The number of hydrogen-bond acceptors (Lipinski definition) is 3. The Morgan fingerprint density at radius 2 is 1.80 bits per heavy atom. The number of nitrogens with one attached hydrogen (secondary N) is 1. The number of carbonyl (C=O) groups excluding carboxylic acids is 1. The van der Waals surface area contributed by atoms with E-state index in [0.29, 0.717) is 5.69 Å². The van der Waals surface area contributed by atoms with Gasteiger partial charge in [-0.2, -0.15) is 10.2 Å². The van der Waals surface area contributed by atoms with E-state index >= 15 is 0 Å². The van der Waals surface area contributed by atoms with Gasteiger partial charge in [-0.25, -0.2) is 0 Å². The summed E-state index contributed by atoms with van der Waals surface area (Å²) in [5, 5.41) is 11.8. The van der Waals surface area contributed by atoms with Crippen molar-refractivity contribution in [2.75, 3.05) is 0 Å². The highest BCUT2D eigenvalue weighted by atomic mass is 16.2. The minimum absolute atomic E-state index is 0.156. The van der Waals surface area contributed by atoms with Crippen LogP contribution < -0.4 is 5.32 Å². The Morgan fingerprint density at radius 1 is 1.08 bits per heavy atom. The molecule has 0 saturated carbocycles. The summed E-state index contributed by atoms with van der Waals surface area (Å²) >= 11 is 0. The molecule has 1 atom stereocenters. The number of carbonyl (C=O) groups is 1. The quantitative estimate of drug-likeness (QED) is 0.778. The van der Waals surface area contributed by atoms with Crippen molar-refractivity contribution in [1.29, 1.82) is 0 Å². The van der Waals surface area contributed by atoms with E-state index in [2.05, 4.69) is 29.4 Å². The van der Waals surface area contributed by atoms with Crippen LogP contribution in [0.2, 0.25) is 0 Å². The molecular formula is C19H23N5O. The van der Waals surface area contributed by atoms with Crippen LogP contribution in [0.1, 0.15) is 53.2 Å². The van der Waals surface area contributed by atoms with Crippen LogP contribution in [0.3, 0.4) is 0 Å². The van der Waals surface area contributed by atoms with E-state index in [1.165, 1.54) is 0 Å². The van der Waals surface area contributed by atoms with Gasteiger partial charge in [0.25, 0.3) is 5.91 Å². The molecule has 0 aliphatic rings. The molecule has 0 aliphatic carbocycles. The fourth-order valence-corrected chi connectivity index (χ4v) is 2.83. The minimum atomic E-state index is -0.279.